The Kier molecular flexibility index (Phi) is 9.08. The van der Waals surface area contributed by atoms with E-state index in [1.165, 1.54) is 11.3 Å². The molecule has 9 heteroatoms. The number of rotatable bonds is 9. The van der Waals surface area contributed by atoms with Gasteiger partial charge in [-0.25, -0.2) is 4.98 Å². The van der Waals surface area contributed by atoms with Crippen molar-refractivity contribution in [3.05, 3.63) is 81.3 Å². The summed E-state index contributed by atoms with van der Waals surface area (Å²) in [6.07, 6.45) is 1.49. The Hall–Kier alpha value is -3.23. The van der Waals surface area contributed by atoms with Crippen LogP contribution in [0.3, 0.4) is 0 Å². The van der Waals surface area contributed by atoms with Gasteiger partial charge < -0.3 is 14.5 Å². The van der Waals surface area contributed by atoms with Gasteiger partial charge >= 0.3 is 0 Å². The average molecular weight is 568 g/mol. The number of benzene rings is 2. The minimum atomic E-state index is -1.06. The fourth-order valence-electron chi connectivity index (χ4n) is 4.86. The molecule has 7 nitrogen and oxygen atoms in total. The smallest absolute Gasteiger partial charge is 0.273 e. The van der Waals surface area contributed by atoms with E-state index in [1.54, 1.807) is 55.3 Å². The van der Waals surface area contributed by atoms with Crippen molar-refractivity contribution in [1.29, 1.82) is 0 Å². The quantitative estimate of drug-likeness (QED) is 0.292. The summed E-state index contributed by atoms with van der Waals surface area (Å²) in [4.78, 5) is 47.6. The van der Waals surface area contributed by atoms with E-state index in [4.69, 9.17) is 16.3 Å². The number of hydrogen-bond acceptors (Lipinski definition) is 6. The van der Waals surface area contributed by atoms with E-state index in [0.29, 0.717) is 41.7 Å². The number of likely N-dealkylation sites (tertiary alicyclic amines) is 1. The van der Waals surface area contributed by atoms with Crippen LogP contribution in [0.15, 0.2) is 60.0 Å². The van der Waals surface area contributed by atoms with Crippen LogP contribution in [0.2, 0.25) is 5.02 Å². The third-order valence-corrected chi connectivity index (χ3v) is 8.42. The van der Waals surface area contributed by atoms with Crippen molar-refractivity contribution in [1.82, 2.24) is 14.8 Å². The van der Waals surface area contributed by atoms with Crippen molar-refractivity contribution < 1.29 is 19.1 Å². The van der Waals surface area contributed by atoms with Crippen molar-refractivity contribution in [2.45, 2.75) is 58.1 Å². The number of amides is 2. The molecule has 1 fully saturated rings. The summed E-state index contributed by atoms with van der Waals surface area (Å²) in [5.41, 5.74) is -0.120. The number of Topliss-reactive ketones (excluding diaryl/α,β-unsaturated/α-hetero) is 1. The lowest BCUT2D eigenvalue weighted by Gasteiger charge is -2.36. The number of piperidine rings is 1. The molecule has 0 N–H and O–H groups in total. The zero-order valence-corrected chi connectivity index (χ0v) is 24.3. The molecule has 4 rings (SSSR count). The highest BCUT2D eigenvalue weighted by Gasteiger charge is 2.37. The number of hydrogen-bond donors (Lipinski definition) is 0. The van der Waals surface area contributed by atoms with Gasteiger partial charge in [-0.05, 0) is 52.7 Å². The molecule has 0 spiro atoms. The number of aromatic nitrogens is 1. The topological polar surface area (TPSA) is 79.8 Å². The van der Waals surface area contributed by atoms with Crippen LogP contribution >= 0.6 is 22.9 Å². The molecule has 39 heavy (non-hydrogen) atoms. The van der Waals surface area contributed by atoms with Crippen molar-refractivity contribution >= 4 is 40.5 Å². The number of nitrogens with zero attached hydrogens (tertiary/aromatic N) is 3. The molecule has 1 atom stereocenters. The number of halogens is 1. The first kappa shape index (κ1) is 28.8. The van der Waals surface area contributed by atoms with E-state index in [2.05, 4.69) is 4.98 Å². The van der Waals surface area contributed by atoms with Gasteiger partial charge in [0.1, 0.15) is 11.4 Å². The molecular weight excluding hydrogens is 534 g/mol. The van der Waals surface area contributed by atoms with Crippen LogP contribution in [-0.2, 0) is 4.79 Å². The lowest BCUT2D eigenvalue weighted by atomic mass is 9.96. The molecule has 0 radical (unpaired) electrons. The third-order valence-electron chi connectivity index (χ3n) is 7.10. The average Bonchev–Trinajstić information content (AvgIpc) is 3.45. The second-order valence-corrected chi connectivity index (χ2v) is 11.5. The molecule has 2 amide bonds. The summed E-state index contributed by atoms with van der Waals surface area (Å²) in [7, 11) is 0. The van der Waals surface area contributed by atoms with E-state index in [-0.39, 0.29) is 23.5 Å². The largest absolute Gasteiger partial charge is 0.476 e. The molecule has 2 aromatic carbocycles. The van der Waals surface area contributed by atoms with Gasteiger partial charge in [0, 0.05) is 36.5 Å². The van der Waals surface area contributed by atoms with Gasteiger partial charge in [-0.3, -0.25) is 14.4 Å². The van der Waals surface area contributed by atoms with Crippen LogP contribution in [-0.4, -0.2) is 63.7 Å². The second-order valence-electron chi connectivity index (χ2n) is 10.2. The standard InChI is InChI=1S/C30H34ClN3O4S/c1-5-34(20(2)26(35)21-11-7-6-8-12-21)28(36)24-19-39-27(32-24)22-15-17-33(18-16-22)29(37)30(3,4)38-25-14-10-9-13-23(25)31/h6-14,19-20,22H,5,15-18H2,1-4H3. The fraction of sp³-hybridized carbons (Fsp3) is 0.400. The zero-order valence-electron chi connectivity index (χ0n) is 22.7. The van der Waals surface area contributed by atoms with Gasteiger partial charge in [0.15, 0.2) is 11.4 Å². The first-order valence-electron chi connectivity index (χ1n) is 13.2. The molecule has 206 valence electrons. The van der Waals surface area contributed by atoms with E-state index in [0.717, 1.165) is 17.8 Å². The normalized spacial score (nSPS) is 15.1. The SMILES string of the molecule is CCN(C(=O)c1csc(C2CCN(C(=O)C(C)(C)Oc3ccccc3Cl)CC2)n1)C(C)C(=O)c1ccccc1. The number of likely N-dealkylation sites (N-methyl/N-ethyl adjacent to an activating group) is 1. The fourth-order valence-corrected chi connectivity index (χ4v) is 5.99. The van der Waals surface area contributed by atoms with E-state index in [1.807, 2.05) is 42.2 Å². The maximum atomic E-state index is 13.3. The molecule has 2 heterocycles. The molecule has 0 aliphatic carbocycles. The van der Waals surface area contributed by atoms with Gasteiger partial charge in [0.05, 0.1) is 16.1 Å². The monoisotopic (exact) mass is 567 g/mol. The first-order valence-corrected chi connectivity index (χ1v) is 14.5. The summed E-state index contributed by atoms with van der Waals surface area (Å²) < 4.78 is 5.99. The number of ether oxygens (including phenoxy) is 1. The zero-order chi connectivity index (χ0) is 28.2. The molecule has 1 aliphatic rings. The first-order chi connectivity index (χ1) is 18.6. The molecule has 0 saturated carbocycles. The van der Waals surface area contributed by atoms with Gasteiger partial charge in [0.25, 0.3) is 11.8 Å². The summed E-state index contributed by atoms with van der Waals surface area (Å²) in [6.45, 7) is 8.69. The molecular formula is C30H34ClN3O4S. The summed E-state index contributed by atoms with van der Waals surface area (Å²) >= 11 is 7.68. The second kappa shape index (κ2) is 12.3. The maximum Gasteiger partial charge on any atom is 0.273 e. The summed E-state index contributed by atoms with van der Waals surface area (Å²) in [5, 5.41) is 3.12. The Labute approximate surface area is 238 Å². The maximum absolute atomic E-state index is 13.3. The number of para-hydroxylation sites is 1. The van der Waals surface area contributed by atoms with E-state index in [9.17, 15) is 14.4 Å². The van der Waals surface area contributed by atoms with Crippen LogP contribution in [0, 0.1) is 0 Å². The van der Waals surface area contributed by atoms with Gasteiger partial charge in [0.2, 0.25) is 0 Å². The molecule has 0 bridgehead atoms. The number of carbonyl (C=O) groups is 3. The Morgan fingerprint density at radius 3 is 2.38 bits per heavy atom. The summed E-state index contributed by atoms with van der Waals surface area (Å²) in [5.74, 6) is 0.203. The number of ketones is 1. The van der Waals surface area contributed by atoms with E-state index >= 15 is 0 Å². The van der Waals surface area contributed by atoms with Crippen LogP contribution in [0.4, 0.5) is 0 Å². The number of thiazole rings is 1. The third kappa shape index (κ3) is 6.50. The lowest BCUT2D eigenvalue weighted by Crippen LogP contribution is -2.51. The highest BCUT2D eigenvalue weighted by atomic mass is 35.5. The minimum Gasteiger partial charge on any atom is -0.476 e. The van der Waals surface area contributed by atoms with Crippen LogP contribution in [0.5, 0.6) is 5.75 Å². The van der Waals surface area contributed by atoms with E-state index < -0.39 is 11.6 Å². The van der Waals surface area contributed by atoms with Crippen LogP contribution in [0.1, 0.15) is 72.3 Å². The number of carbonyl (C=O) groups excluding carboxylic acids is 3. The predicted molar refractivity (Wildman–Crippen MR) is 154 cm³/mol. The molecule has 3 aromatic rings. The molecule has 1 unspecified atom stereocenters. The molecule has 1 saturated heterocycles. The van der Waals surface area contributed by atoms with Crippen molar-refractivity contribution in [3.8, 4) is 5.75 Å². The lowest BCUT2D eigenvalue weighted by molar-refractivity contribution is -0.146. The Morgan fingerprint density at radius 2 is 1.74 bits per heavy atom. The molecule has 1 aromatic heterocycles. The van der Waals surface area contributed by atoms with Gasteiger partial charge in [-0.2, -0.15) is 0 Å². The highest BCUT2D eigenvalue weighted by Crippen LogP contribution is 2.33. The van der Waals surface area contributed by atoms with Crippen LogP contribution < -0.4 is 4.74 Å². The Balaban J connectivity index is 1.37. The Morgan fingerprint density at radius 1 is 1.10 bits per heavy atom. The molecule has 1 aliphatic heterocycles. The Bertz CT molecular complexity index is 1320. The summed E-state index contributed by atoms with van der Waals surface area (Å²) in [6, 6.07) is 15.5. The van der Waals surface area contributed by atoms with Crippen molar-refractivity contribution in [2.75, 3.05) is 19.6 Å². The van der Waals surface area contributed by atoms with Crippen LogP contribution in [0.25, 0.3) is 0 Å². The predicted octanol–water partition coefficient (Wildman–Crippen LogP) is 6.09. The minimum absolute atomic E-state index is 0.0912. The van der Waals surface area contributed by atoms with Gasteiger partial charge in [-0.1, -0.05) is 54.1 Å². The van der Waals surface area contributed by atoms with Gasteiger partial charge in [-0.15, -0.1) is 11.3 Å². The van der Waals surface area contributed by atoms with Crippen molar-refractivity contribution in [3.63, 3.8) is 0 Å². The highest BCUT2D eigenvalue weighted by molar-refractivity contribution is 7.09. The van der Waals surface area contributed by atoms with Crippen molar-refractivity contribution in [2.24, 2.45) is 0 Å².